The number of halogens is 5. The number of carbonyl (C=O) groups excluding carboxylic acids is 3. The summed E-state index contributed by atoms with van der Waals surface area (Å²) in [6, 6.07) is 1.64. The number of amides is 1. The molecule has 0 atom stereocenters. The zero-order valence-corrected chi connectivity index (χ0v) is 26.4. The minimum Gasteiger partial charge on any atom is -0.465 e. The second-order valence-electron chi connectivity index (χ2n) is 10.7. The highest BCUT2D eigenvalue weighted by molar-refractivity contribution is 9.09. The number of alkyl halides is 4. The minimum atomic E-state index is -4.97. The molecule has 1 aromatic heterocycles. The Morgan fingerprint density at radius 1 is 1.05 bits per heavy atom. The summed E-state index contributed by atoms with van der Waals surface area (Å²) in [4.78, 5) is 43.7. The molecule has 1 heterocycles. The van der Waals surface area contributed by atoms with Crippen molar-refractivity contribution in [2.75, 3.05) is 44.8 Å². The van der Waals surface area contributed by atoms with Crippen molar-refractivity contribution in [1.82, 2.24) is 4.98 Å². The molecule has 0 aliphatic heterocycles. The molecule has 1 aliphatic rings. The molecule has 1 aromatic carbocycles. The Bertz CT molecular complexity index is 1330. The monoisotopic (exact) mass is 690 g/mol. The average molecular weight is 692 g/mol. The number of ether oxygens (including phenoxy) is 4. The lowest BCUT2D eigenvalue weighted by Crippen LogP contribution is -2.49. The molecule has 1 saturated carbocycles. The van der Waals surface area contributed by atoms with Crippen LogP contribution in [0.25, 0.3) is 0 Å². The van der Waals surface area contributed by atoms with Crippen LogP contribution in [0.4, 0.5) is 23.2 Å². The minimum absolute atomic E-state index is 0.0196. The molecule has 2 aromatic rings. The maximum atomic E-state index is 15.7. The van der Waals surface area contributed by atoms with Crippen LogP contribution in [0.15, 0.2) is 24.4 Å². The predicted octanol–water partition coefficient (Wildman–Crippen LogP) is 6.15. The molecule has 0 unspecified atom stereocenters. The molecule has 0 radical (unpaired) electrons. The van der Waals surface area contributed by atoms with Crippen LogP contribution in [0.1, 0.15) is 54.1 Å². The molecule has 0 N–H and O–H groups in total. The van der Waals surface area contributed by atoms with E-state index < -0.39 is 47.1 Å². The lowest BCUT2D eigenvalue weighted by atomic mass is 9.82. The van der Waals surface area contributed by atoms with Gasteiger partial charge in [0, 0.05) is 44.9 Å². The van der Waals surface area contributed by atoms with Crippen molar-refractivity contribution in [2.24, 2.45) is 11.8 Å². The summed E-state index contributed by atoms with van der Waals surface area (Å²) in [5.74, 6) is -4.62. The number of carbonyl (C=O) groups is 3. The Hall–Kier alpha value is -3.10. The fraction of sp³-hybridized carbons (Fsp3) is 0.533. The summed E-state index contributed by atoms with van der Waals surface area (Å²) in [7, 11) is 3.90. The zero-order valence-electron chi connectivity index (χ0n) is 24.8. The van der Waals surface area contributed by atoms with Gasteiger partial charge in [-0.2, -0.15) is 13.2 Å². The van der Waals surface area contributed by atoms with Crippen molar-refractivity contribution in [3.05, 3.63) is 46.9 Å². The van der Waals surface area contributed by atoms with E-state index in [2.05, 4.69) is 27.8 Å². The van der Waals surface area contributed by atoms with Crippen molar-refractivity contribution < 1.29 is 50.9 Å². The Labute approximate surface area is 261 Å². The van der Waals surface area contributed by atoms with E-state index in [1.165, 1.54) is 19.1 Å². The van der Waals surface area contributed by atoms with Crippen LogP contribution in [-0.2, 0) is 36.4 Å². The first-order valence-electron chi connectivity index (χ1n) is 13.9. The van der Waals surface area contributed by atoms with Crippen molar-refractivity contribution in [1.29, 1.82) is 0 Å². The number of pyridine rings is 1. The summed E-state index contributed by atoms with van der Waals surface area (Å²) >= 11 is 2.96. The van der Waals surface area contributed by atoms with Gasteiger partial charge in [-0.3, -0.25) is 9.59 Å². The van der Waals surface area contributed by atoms with E-state index in [0.717, 1.165) is 38.3 Å². The third-order valence-corrected chi connectivity index (χ3v) is 8.00. The second-order valence-corrected chi connectivity index (χ2v) is 11.2. The number of hydrogen-bond donors (Lipinski definition) is 0. The molecule has 1 amide bonds. The number of aromatic nitrogens is 1. The highest BCUT2D eigenvalue weighted by Gasteiger charge is 2.38. The maximum absolute atomic E-state index is 15.7. The number of hydrogen-bond acceptors (Lipinski definition) is 8. The van der Waals surface area contributed by atoms with Crippen LogP contribution in [0.5, 0.6) is 11.6 Å². The maximum Gasteiger partial charge on any atom is 0.421 e. The lowest BCUT2D eigenvalue weighted by Gasteiger charge is -2.36. The van der Waals surface area contributed by atoms with Gasteiger partial charge in [0.25, 0.3) is 0 Å². The van der Waals surface area contributed by atoms with Gasteiger partial charge in [0.05, 0.1) is 42.9 Å². The van der Waals surface area contributed by atoms with Gasteiger partial charge >= 0.3 is 12.1 Å². The van der Waals surface area contributed by atoms with Gasteiger partial charge in [-0.05, 0) is 43.2 Å². The van der Waals surface area contributed by atoms with E-state index in [9.17, 15) is 27.6 Å². The summed E-state index contributed by atoms with van der Waals surface area (Å²) < 4.78 is 78.4. The van der Waals surface area contributed by atoms with Gasteiger partial charge in [-0.1, -0.05) is 22.9 Å². The van der Waals surface area contributed by atoms with E-state index in [-0.39, 0.29) is 53.5 Å². The van der Waals surface area contributed by atoms with E-state index in [1.54, 1.807) is 0 Å². The smallest absolute Gasteiger partial charge is 0.421 e. The van der Waals surface area contributed by atoms with E-state index in [1.807, 2.05) is 0 Å². The first kappa shape index (κ1) is 35.4. The van der Waals surface area contributed by atoms with Crippen LogP contribution in [0.2, 0.25) is 0 Å². The van der Waals surface area contributed by atoms with E-state index >= 15 is 4.39 Å². The van der Waals surface area contributed by atoms with Gasteiger partial charge in [0.1, 0.15) is 11.3 Å². The zero-order chi connectivity index (χ0) is 32.6. The molecular weight excluding hydrogens is 656 g/mol. The first-order chi connectivity index (χ1) is 20.8. The molecule has 1 aliphatic carbocycles. The molecule has 242 valence electrons. The molecule has 0 saturated heterocycles. The lowest BCUT2D eigenvalue weighted by molar-refractivity contribution is -0.139. The number of esters is 1. The normalized spacial score (nSPS) is 17.0. The van der Waals surface area contributed by atoms with E-state index in [0.29, 0.717) is 24.8 Å². The molecule has 1 fully saturated rings. The number of ketones is 1. The SMILES string of the molecule is COCC(COC)N(C(=O)C1CCC(C)CC1)c1cc(F)c(Oc2ncc(CC(=O)CBr)cc2C(F)(F)F)cc1C(=O)OC. The van der Waals surface area contributed by atoms with Gasteiger partial charge < -0.3 is 23.8 Å². The number of methoxy groups -OCH3 is 3. The topological polar surface area (TPSA) is 104 Å². The second kappa shape index (κ2) is 15.8. The third-order valence-electron chi connectivity index (χ3n) is 7.37. The Morgan fingerprint density at radius 3 is 2.23 bits per heavy atom. The standard InChI is InChI=1S/C30H35BrF4N2O7/c1-17-5-7-19(8-6-17)28(39)37(20(15-41-2)16-42-3)25-12-24(32)26(11-22(25)29(40)43-4)44-27-23(30(33,34)35)10-18(14-36-27)9-21(38)13-31/h10-12,14,17,19-20H,5-9,13,15-16H2,1-4H3. The van der Waals surface area contributed by atoms with Crippen LogP contribution in [0.3, 0.4) is 0 Å². The summed E-state index contributed by atoms with van der Waals surface area (Å²) in [5, 5.41) is -0.0600. The highest BCUT2D eigenvalue weighted by atomic mass is 79.9. The Kier molecular flexibility index (Phi) is 12.7. The third kappa shape index (κ3) is 8.75. The number of Topliss-reactive ketones (excluding diaryl/α,β-unsaturated/α-hetero) is 1. The molecular formula is C30H35BrF4N2O7. The number of rotatable bonds is 13. The fourth-order valence-corrected chi connectivity index (χ4v) is 5.33. The molecule has 3 rings (SSSR count). The van der Waals surface area contributed by atoms with Crippen molar-refractivity contribution in [3.63, 3.8) is 0 Å². The largest absolute Gasteiger partial charge is 0.465 e. The van der Waals surface area contributed by atoms with Gasteiger partial charge in [-0.25, -0.2) is 14.2 Å². The van der Waals surface area contributed by atoms with Crippen LogP contribution in [-0.4, -0.2) is 68.6 Å². The molecule has 0 spiro atoms. The molecule has 9 nitrogen and oxygen atoms in total. The Morgan fingerprint density at radius 2 is 1.68 bits per heavy atom. The van der Waals surface area contributed by atoms with Crippen LogP contribution in [0, 0.1) is 17.7 Å². The molecule has 0 bridgehead atoms. The number of anilines is 1. The highest BCUT2D eigenvalue weighted by Crippen LogP contribution is 2.40. The summed E-state index contributed by atoms with van der Waals surface area (Å²) in [5.41, 5.74) is -1.86. The Balaban J connectivity index is 2.14. The van der Waals surface area contributed by atoms with Gasteiger partial charge in [-0.15, -0.1) is 0 Å². The average Bonchev–Trinajstić information content (AvgIpc) is 2.98. The van der Waals surface area contributed by atoms with E-state index in [4.69, 9.17) is 18.9 Å². The summed E-state index contributed by atoms with van der Waals surface area (Å²) in [6.45, 7) is 2.05. The molecule has 44 heavy (non-hydrogen) atoms. The number of nitrogens with zero attached hydrogens (tertiary/aromatic N) is 2. The number of benzene rings is 1. The van der Waals surface area contributed by atoms with Crippen LogP contribution < -0.4 is 9.64 Å². The first-order valence-corrected chi connectivity index (χ1v) is 15.0. The summed E-state index contributed by atoms with van der Waals surface area (Å²) in [6.07, 6.45) is -1.47. The van der Waals surface area contributed by atoms with Gasteiger partial charge in [0.15, 0.2) is 11.6 Å². The molecule has 14 heteroatoms. The van der Waals surface area contributed by atoms with Crippen LogP contribution >= 0.6 is 15.9 Å². The fourth-order valence-electron chi connectivity index (χ4n) is 5.13. The van der Waals surface area contributed by atoms with Gasteiger partial charge in [0.2, 0.25) is 11.8 Å². The van der Waals surface area contributed by atoms with Crippen molar-refractivity contribution in [2.45, 2.75) is 51.2 Å². The predicted molar refractivity (Wildman–Crippen MR) is 156 cm³/mol. The van der Waals surface area contributed by atoms with Crippen molar-refractivity contribution >= 4 is 39.3 Å². The van der Waals surface area contributed by atoms with Crippen molar-refractivity contribution in [3.8, 4) is 11.6 Å². The quantitative estimate of drug-likeness (QED) is 0.140.